The first-order valence-electron chi connectivity index (χ1n) is 10.2. The molecular weight excluding hydrogens is 853 g/mol. The zero-order valence-electron chi connectivity index (χ0n) is 18.5. The molecular formula is C21H17I3N2O12. The van der Waals surface area contributed by atoms with E-state index in [4.69, 9.17) is 10.5 Å². The van der Waals surface area contributed by atoms with Crippen molar-refractivity contribution in [1.29, 1.82) is 0 Å². The van der Waals surface area contributed by atoms with E-state index < -0.39 is 70.6 Å². The SMILES string of the molecule is N[C@@H]1[C@@H](O)[C@H](O)[C@@H](CO)OC1(O)C(=O)c1ccc(-c2c(I)c(C(=O)O)c(I)c(C(=O)O)c2I)cc1[N+](=O)[O-]. The number of carbonyl (C=O) groups excluding carboxylic acids is 1. The molecule has 38 heavy (non-hydrogen) atoms. The smallest absolute Gasteiger partial charge is 0.337 e. The van der Waals surface area contributed by atoms with Crippen LogP contribution in [0.1, 0.15) is 31.1 Å². The number of carboxylic acid groups (broad SMARTS) is 2. The number of nitro benzene ring substituents is 1. The molecule has 17 heteroatoms. The van der Waals surface area contributed by atoms with E-state index in [0.717, 1.165) is 12.1 Å². The van der Waals surface area contributed by atoms with Crippen molar-refractivity contribution in [3.05, 3.63) is 55.7 Å². The van der Waals surface area contributed by atoms with Crippen molar-refractivity contribution >= 4 is 91.2 Å². The topological polar surface area (TPSA) is 251 Å². The third-order valence-corrected chi connectivity index (χ3v) is 9.10. The van der Waals surface area contributed by atoms with Crippen molar-refractivity contribution in [2.45, 2.75) is 30.1 Å². The Balaban J connectivity index is 2.25. The van der Waals surface area contributed by atoms with Crippen molar-refractivity contribution in [3.8, 4) is 11.1 Å². The Morgan fingerprint density at radius 2 is 1.55 bits per heavy atom. The number of carbonyl (C=O) groups is 3. The molecule has 0 aromatic heterocycles. The lowest BCUT2D eigenvalue weighted by molar-refractivity contribution is -0.385. The molecule has 5 atom stereocenters. The van der Waals surface area contributed by atoms with Crippen LogP contribution in [0.2, 0.25) is 0 Å². The van der Waals surface area contributed by atoms with Crippen molar-refractivity contribution in [2.24, 2.45) is 5.73 Å². The van der Waals surface area contributed by atoms with Crippen LogP contribution >= 0.6 is 67.8 Å². The first kappa shape index (κ1) is 30.9. The van der Waals surface area contributed by atoms with Gasteiger partial charge in [0.2, 0.25) is 11.6 Å². The zero-order valence-corrected chi connectivity index (χ0v) is 25.0. The molecule has 1 saturated heterocycles. The summed E-state index contributed by atoms with van der Waals surface area (Å²) in [6.07, 6.45) is -5.35. The van der Waals surface area contributed by atoms with Crippen LogP contribution in [0.15, 0.2) is 18.2 Å². The number of carboxylic acids is 2. The van der Waals surface area contributed by atoms with Gasteiger partial charge in [0.05, 0.1) is 28.7 Å². The molecule has 0 amide bonds. The lowest BCUT2D eigenvalue weighted by Crippen LogP contribution is -2.71. The Hall–Kier alpha value is -1.60. The van der Waals surface area contributed by atoms with E-state index in [-0.39, 0.29) is 33.0 Å². The minimum absolute atomic E-state index is 0.00649. The molecule has 0 aliphatic carbocycles. The number of nitro groups is 1. The molecule has 0 saturated carbocycles. The van der Waals surface area contributed by atoms with Crippen molar-refractivity contribution in [1.82, 2.24) is 0 Å². The fourth-order valence-electron chi connectivity index (χ4n) is 3.91. The Morgan fingerprint density at radius 1 is 1.03 bits per heavy atom. The maximum Gasteiger partial charge on any atom is 0.337 e. The molecule has 204 valence electrons. The van der Waals surface area contributed by atoms with Gasteiger partial charge in [-0.05, 0) is 79.4 Å². The molecule has 2 aromatic rings. The number of benzene rings is 2. The summed E-state index contributed by atoms with van der Waals surface area (Å²) in [5.74, 6) is -7.37. The molecule has 0 bridgehead atoms. The summed E-state index contributed by atoms with van der Waals surface area (Å²) in [4.78, 5) is 48.1. The Kier molecular flexibility index (Phi) is 9.35. The average molecular weight is 870 g/mol. The number of nitrogens with zero attached hydrogens (tertiary/aromatic N) is 1. The van der Waals surface area contributed by atoms with E-state index >= 15 is 0 Å². The van der Waals surface area contributed by atoms with Gasteiger partial charge in [-0.1, -0.05) is 6.07 Å². The van der Waals surface area contributed by atoms with Crippen LogP contribution in [0.5, 0.6) is 0 Å². The fraction of sp³-hybridized carbons (Fsp3) is 0.286. The van der Waals surface area contributed by atoms with Gasteiger partial charge in [-0.2, -0.15) is 0 Å². The zero-order chi connectivity index (χ0) is 28.9. The summed E-state index contributed by atoms with van der Waals surface area (Å²) >= 11 is 4.95. The van der Waals surface area contributed by atoms with Crippen LogP contribution in [0.4, 0.5) is 5.69 Å². The van der Waals surface area contributed by atoms with Crippen LogP contribution < -0.4 is 5.73 Å². The molecule has 1 aliphatic heterocycles. The summed E-state index contributed by atoms with van der Waals surface area (Å²) < 4.78 is 5.20. The molecule has 1 unspecified atom stereocenters. The number of ether oxygens (including phenoxy) is 1. The minimum atomic E-state index is -3.07. The van der Waals surface area contributed by atoms with Crippen molar-refractivity contribution in [3.63, 3.8) is 0 Å². The van der Waals surface area contributed by atoms with E-state index in [9.17, 15) is 55.1 Å². The van der Waals surface area contributed by atoms with E-state index in [1.165, 1.54) is 6.07 Å². The molecule has 0 radical (unpaired) electrons. The van der Waals surface area contributed by atoms with Crippen LogP contribution in [-0.2, 0) is 4.74 Å². The van der Waals surface area contributed by atoms with Gasteiger partial charge in [-0.15, -0.1) is 0 Å². The van der Waals surface area contributed by atoms with Gasteiger partial charge in [0.15, 0.2) is 0 Å². The highest BCUT2D eigenvalue weighted by Gasteiger charge is 2.57. The van der Waals surface area contributed by atoms with Crippen molar-refractivity contribution in [2.75, 3.05) is 6.61 Å². The van der Waals surface area contributed by atoms with Gasteiger partial charge in [0.25, 0.3) is 5.69 Å². The second kappa shape index (κ2) is 11.5. The number of aliphatic hydroxyl groups is 4. The van der Waals surface area contributed by atoms with Gasteiger partial charge in [-0.25, -0.2) is 9.59 Å². The monoisotopic (exact) mass is 870 g/mol. The Bertz CT molecular complexity index is 1330. The largest absolute Gasteiger partial charge is 0.478 e. The number of rotatable bonds is 7. The molecule has 0 spiro atoms. The van der Waals surface area contributed by atoms with Gasteiger partial charge in [0.1, 0.15) is 23.9 Å². The summed E-state index contributed by atoms with van der Waals surface area (Å²) in [6, 6.07) is 1.04. The maximum atomic E-state index is 13.3. The summed E-state index contributed by atoms with van der Waals surface area (Å²) in [7, 11) is 0. The number of aliphatic hydroxyl groups excluding tert-OH is 3. The number of ketones is 1. The number of Topliss-reactive ketones (excluding diaryl/α,β-unsaturated/α-hetero) is 1. The van der Waals surface area contributed by atoms with Gasteiger partial charge in [-0.3, -0.25) is 14.9 Å². The van der Waals surface area contributed by atoms with Crippen LogP contribution in [0.3, 0.4) is 0 Å². The molecule has 1 heterocycles. The van der Waals surface area contributed by atoms with E-state index in [1.807, 2.05) is 0 Å². The third kappa shape index (κ3) is 5.14. The Labute approximate surface area is 253 Å². The normalized spacial score (nSPS) is 25.2. The van der Waals surface area contributed by atoms with Gasteiger partial charge >= 0.3 is 11.9 Å². The Morgan fingerprint density at radius 3 is 2.00 bits per heavy atom. The van der Waals surface area contributed by atoms with E-state index in [1.54, 1.807) is 67.8 Å². The first-order valence-corrected chi connectivity index (χ1v) is 13.5. The lowest BCUT2D eigenvalue weighted by Gasteiger charge is -2.44. The van der Waals surface area contributed by atoms with Crippen LogP contribution in [0.25, 0.3) is 11.1 Å². The molecule has 3 rings (SSSR count). The van der Waals surface area contributed by atoms with Gasteiger partial charge in [0, 0.05) is 22.3 Å². The fourth-order valence-corrected chi connectivity index (χ4v) is 8.62. The quantitative estimate of drug-likeness (QED) is 0.0881. The lowest BCUT2D eigenvalue weighted by atomic mass is 9.85. The number of halogens is 3. The number of aromatic carboxylic acids is 2. The molecule has 8 N–H and O–H groups in total. The average Bonchev–Trinajstić information content (AvgIpc) is 2.83. The minimum Gasteiger partial charge on any atom is -0.478 e. The standard InChI is InChI=1S/C21H17I3N2O12/c22-12-9(13(23)11(20(33)34)14(24)10(12)19(31)32)5-1-2-6(7(3-5)26(36)37)18(30)21(35)17(25)16(29)15(28)8(4-27)38-21/h1-3,8,15-17,27-29,35H,4,25H2,(H,31,32)(H,33,34)/t8-,15-,16+,17-,21?/m1/s1. The predicted octanol–water partition coefficient (Wildman–Crippen LogP) is 0.784. The molecule has 1 fully saturated rings. The highest BCUT2D eigenvalue weighted by atomic mass is 127. The first-order chi connectivity index (χ1) is 17.6. The summed E-state index contributed by atoms with van der Waals surface area (Å²) in [6.45, 7) is -0.928. The second-order valence-corrected chi connectivity index (χ2v) is 11.3. The molecule has 2 aromatic carbocycles. The number of nitrogens with two attached hydrogens (primary N) is 1. The predicted molar refractivity (Wildman–Crippen MR) is 152 cm³/mol. The summed E-state index contributed by atoms with van der Waals surface area (Å²) in [5.41, 5.74) is 3.50. The second-order valence-electron chi connectivity index (χ2n) is 8.04. The highest BCUT2D eigenvalue weighted by Crippen LogP contribution is 2.41. The molecule has 1 aliphatic rings. The third-order valence-electron chi connectivity index (χ3n) is 5.86. The maximum absolute atomic E-state index is 13.3. The number of hydrogen-bond donors (Lipinski definition) is 7. The van der Waals surface area contributed by atoms with E-state index in [0.29, 0.717) is 0 Å². The van der Waals surface area contributed by atoms with Gasteiger partial charge < -0.3 is 41.1 Å². The number of hydrogen-bond acceptors (Lipinski definition) is 11. The highest BCUT2D eigenvalue weighted by molar-refractivity contribution is 14.1. The van der Waals surface area contributed by atoms with Crippen LogP contribution in [0, 0.1) is 20.8 Å². The van der Waals surface area contributed by atoms with Crippen LogP contribution in [-0.4, -0.2) is 90.0 Å². The summed E-state index contributed by atoms with van der Waals surface area (Å²) in [5, 5.41) is 71.8. The van der Waals surface area contributed by atoms with E-state index in [2.05, 4.69) is 0 Å². The molecule has 14 nitrogen and oxygen atoms in total. The van der Waals surface area contributed by atoms with Crippen molar-refractivity contribution < 1.29 is 54.7 Å².